The topological polar surface area (TPSA) is 55.4 Å². The zero-order valence-electron chi connectivity index (χ0n) is 12.1. The highest BCUT2D eigenvalue weighted by Crippen LogP contribution is 2.03. The molecule has 0 aliphatic heterocycles. The fraction of sp³-hybridized carbons (Fsp3) is 0.500. The van der Waals surface area contributed by atoms with Crippen molar-refractivity contribution in [2.24, 2.45) is 0 Å². The SMILES string of the molecule is CC(=O)CCCCCCNC(=O)OCc1ccccc1. The van der Waals surface area contributed by atoms with Crippen LogP contribution in [0.4, 0.5) is 4.79 Å². The van der Waals surface area contributed by atoms with Crippen molar-refractivity contribution >= 4 is 11.9 Å². The van der Waals surface area contributed by atoms with E-state index in [0.29, 0.717) is 19.6 Å². The number of amides is 1. The quantitative estimate of drug-likeness (QED) is 0.703. The summed E-state index contributed by atoms with van der Waals surface area (Å²) in [6.45, 7) is 2.53. The molecule has 0 saturated carbocycles. The molecule has 0 aliphatic carbocycles. The Kier molecular flexibility index (Phi) is 8.11. The van der Waals surface area contributed by atoms with Crippen LogP contribution < -0.4 is 5.32 Å². The molecule has 1 rings (SSSR count). The van der Waals surface area contributed by atoms with Gasteiger partial charge in [-0.3, -0.25) is 0 Å². The van der Waals surface area contributed by atoms with Gasteiger partial charge in [-0.1, -0.05) is 43.2 Å². The van der Waals surface area contributed by atoms with Gasteiger partial charge in [0.15, 0.2) is 0 Å². The Morgan fingerprint density at radius 2 is 1.75 bits per heavy atom. The molecule has 0 saturated heterocycles. The van der Waals surface area contributed by atoms with Gasteiger partial charge in [0, 0.05) is 13.0 Å². The van der Waals surface area contributed by atoms with Gasteiger partial charge in [0.25, 0.3) is 0 Å². The summed E-state index contributed by atoms with van der Waals surface area (Å²) in [7, 11) is 0. The minimum absolute atomic E-state index is 0.243. The first-order chi connectivity index (χ1) is 9.68. The molecule has 4 nitrogen and oxygen atoms in total. The maximum absolute atomic E-state index is 11.4. The van der Waals surface area contributed by atoms with Crippen LogP contribution in [0.3, 0.4) is 0 Å². The minimum atomic E-state index is -0.377. The van der Waals surface area contributed by atoms with E-state index in [1.807, 2.05) is 30.3 Å². The zero-order chi connectivity index (χ0) is 14.6. The van der Waals surface area contributed by atoms with Crippen LogP contribution >= 0.6 is 0 Å². The second-order valence-electron chi connectivity index (χ2n) is 4.85. The molecule has 0 aromatic heterocycles. The van der Waals surface area contributed by atoms with Crippen molar-refractivity contribution in [1.82, 2.24) is 5.32 Å². The zero-order valence-corrected chi connectivity index (χ0v) is 12.1. The van der Waals surface area contributed by atoms with Gasteiger partial charge < -0.3 is 14.8 Å². The number of Topliss-reactive ketones (excluding diaryl/α,β-unsaturated/α-hetero) is 1. The first-order valence-corrected chi connectivity index (χ1v) is 7.12. The average molecular weight is 277 g/mol. The van der Waals surface area contributed by atoms with Crippen LogP contribution in [0.5, 0.6) is 0 Å². The van der Waals surface area contributed by atoms with Crippen LogP contribution in [0.25, 0.3) is 0 Å². The Balaban J connectivity index is 1.96. The highest BCUT2D eigenvalue weighted by molar-refractivity contribution is 5.75. The van der Waals surface area contributed by atoms with Gasteiger partial charge in [-0.25, -0.2) is 4.79 Å². The van der Waals surface area contributed by atoms with Crippen molar-refractivity contribution in [1.29, 1.82) is 0 Å². The lowest BCUT2D eigenvalue weighted by Crippen LogP contribution is -2.25. The fourth-order valence-corrected chi connectivity index (χ4v) is 1.82. The number of ether oxygens (including phenoxy) is 1. The van der Waals surface area contributed by atoms with Gasteiger partial charge >= 0.3 is 6.09 Å². The lowest BCUT2D eigenvalue weighted by Gasteiger charge is -2.07. The number of hydrogen-bond donors (Lipinski definition) is 1. The third kappa shape index (κ3) is 8.29. The van der Waals surface area contributed by atoms with Crippen LogP contribution in [-0.4, -0.2) is 18.4 Å². The Hall–Kier alpha value is -1.84. The molecule has 110 valence electrons. The Morgan fingerprint density at radius 3 is 2.45 bits per heavy atom. The number of rotatable bonds is 9. The molecule has 0 atom stereocenters. The van der Waals surface area contributed by atoms with Crippen molar-refractivity contribution in [3.63, 3.8) is 0 Å². The first-order valence-electron chi connectivity index (χ1n) is 7.12. The molecule has 1 aromatic rings. The molecule has 0 bridgehead atoms. The number of ketones is 1. The second-order valence-corrected chi connectivity index (χ2v) is 4.85. The Morgan fingerprint density at radius 1 is 1.05 bits per heavy atom. The maximum Gasteiger partial charge on any atom is 0.407 e. The molecule has 0 spiro atoms. The highest BCUT2D eigenvalue weighted by atomic mass is 16.5. The molecule has 4 heteroatoms. The first kappa shape index (κ1) is 16.2. The van der Waals surface area contributed by atoms with E-state index in [2.05, 4.69) is 5.32 Å². The van der Waals surface area contributed by atoms with E-state index in [0.717, 1.165) is 31.2 Å². The molecular weight excluding hydrogens is 254 g/mol. The normalized spacial score (nSPS) is 10.1. The molecule has 1 N–H and O–H groups in total. The summed E-state index contributed by atoms with van der Waals surface area (Å²) < 4.78 is 5.09. The molecule has 1 amide bonds. The predicted molar refractivity (Wildman–Crippen MR) is 78.4 cm³/mol. The van der Waals surface area contributed by atoms with Crippen molar-refractivity contribution in [2.45, 2.75) is 45.6 Å². The van der Waals surface area contributed by atoms with E-state index < -0.39 is 0 Å². The number of carbonyl (C=O) groups excluding carboxylic acids is 2. The standard InChI is InChI=1S/C16H23NO3/c1-14(18)9-5-2-3-8-12-17-16(19)20-13-15-10-6-4-7-11-15/h4,6-7,10-11H,2-3,5,8-9,12-13H2,1H3,(H,17,19). The Labute approximate surface area is 120 Å². The summed E-state index contributed by atoms with van der Waals surface area (Å²) in [5.41, 5.74) is 0.979. The van der Waals surface area contributed by atoms with Gasteiger partial charge in [0.2, 0.25) is 0 Å². The third-order valence-electron chi connectivity index (χ3n) is 2.94. The number of alkyl carbamates (subject to hydrolysis) is 1. The number of hydrogen-bond acceptors (Lipinski definition) is 3. The third-order valence-corrected chi connectivity index (χ3v) is 2.94. The maximum atomic E-state index is 11.4. The fourth-order valence-electron chi connectivity index (χ4n) is 1.82. The number of carbonyl (C=O) groups is 2. The molecule has 20 heavy (non-hydrogen) atoms. The predicted octanol–water partition coefficient (Wildman–Crippen LogP) is 3.45. The Bertz CT molecular complexity index is 403. The molecule has 0 aliphatic rings. The van der Waals surface area contributed by atoms with E-state index >= 15 is 0 Å². The molecule has 1 aromatic carbocycles. The monoisotopic (exact) mass is 277 g/mol. The molecule has 0 radical (unpaired) electrons. The van der Waals surface area contributed by atoms with Crippen molar-refractivity contribution in [2.75, 3.05) is 6.54 Å². The van der Waals surface area contributed by atoms with Crippen LogP contribution in [0, 0.1) is 0 Å². The van der Waals surface area contributed by atoms with Crippen LogP contribution in [0.15, 0.2) is 30.3 Å². The summed E-state index contributed by atoms with van der Waals surface area (Å²) in [6, 6.07) is 9.59. The van der Waals surface area contributed by atoms with Gasteiger partial charge in [-0.15, -0.1) is 0 Å². The van der Waals surface area contributed by atoms with Gasteiger partial charge in [0.05, 0.1) is 0 Å². The van der Waals surface area contributed by atoms with E-state index in [1.54, 1.807) is 6.92 Å². The van der Waals surface area contributed by atoms with Crippen molar-refractivity contribution in [3.05, 3.63) is 35.9 Å². The lowest BCUT2D eigenvalue weighted by molar-refractivity contribution is -0.117. The second kappa shape index (κ2) is 10.0. The van der Waals surface area contributed by atoms with Crippen molar-refractivity contribution < 1.29 is 14.3 Å². The van der Waals surface area contributed by atoms with Crippen LogP contribution in [-0.2, 0) is 16.1 Å². The van der Waals surface area contributed by atoms with Crippen molar-refractivity contribution in [3.8, 4) is 0 Å². The van der Waals surface area contributed by atoms with Gasteiger partial charge in [-0.05, 0) is 25.3 Å². The van der Waals surface area contributed by atoms with Crippen LogP contribution in [0.1, 0.15) is 44.6 Å². The summed E-state index contributed by atoms with van der Waals surface area (Å²) in [4.78, 5) is 22.2. The van der Waals surface area contributed by atoms with E-state index in [4.69, 9.17) is 4.74 Å². The van der Waals surface area contributed by atoms with Gasteiger partial charge in [0.1, 0.15) is 12.4 Å². The summed E-state index contributed by atoms with van der Waals surface area (Å²) in [6.07, 6.45) is 4.18. The number of benzene rings is 1. The smallest absolute Gasteiger partial charge is 0.407 e. The molecular formula is C16H23NO3. The average Bonchev–Trinajstić information content (AvgIpc) is 2.45. The molecule has 0 unspecified atom stereocenters. The molecule has 0 fully saturated rings. The minimum Gasteiger partial charge on any atom is -0.445 e. The number of unbranched alkanes of at least 4 members (excludes halogenated alkanes) is 3. The largest absolute Gasteiger partial charge is 0.445 e. The summed E-state index contributed by atoms with van der Waals surface area (Å²) >= 11 is 0. The molecule has 0 heterocycles. The van der Waals surface area contributed by atoms with Crippen LogP contribution in [0.2, 0.25) is 0 Å². The van der Waals surface area contributed by atoms with E-state index in [1.165, 1.54) is 0 Å². The van der Waals surface area contributed by atoms with Gasteiger partial charge in [-0.2, -0.15) is 0 Å². The number of nitrogens with one attached hydrogen (secondary N) is 1. The summed E-state index contributed by atoms with van der Waals surface area (Å²) in [5.74, 6) is 0.243. The van der Waals surface area contributed by atoms with E-state index in [-0.39, 0.29) is 11.9 Å². The lowest BCUT2D eigenvalue weighted by atomic mass is 10.1. The van der Waals surface area contributed by atoms with E-state index in [9.17, 15) is 9.59 Å². The highest BCUT2D eigenvalue weighted by Gasteiger charge is 2.01. The summed E-state index contributed by atoms with van der Waals surface area (Å²) in [5, 5.41) is 2.72.